The normalized spacial score (nSPS) is 20.4. The molecule has 106 valence electrons. The van der Waals surface area contributed by atoms with Gasteiger partial charge < -0.3 is 4.74 Å². The second-order valence-electron chi connectivity index (χ2n) is 5.44. The van der Waals surface area contributed by atoms with Crippen LogP contribution < -0.4 is 0 Å². The number of piperidine rings is 1. The first-order chi connectivity index (χ1) is 8.69. The van der Waals surface area contributed by atoms with Crippen LogP contribution in [0.4, 0.5) is 0 Å². The molecule has 0 spiro atoms. The maximum Gasteiger partial charge on any atom is 0.307 e. The molecule has 2 unspecified atom stereocenters. The van der Waals surface area contributed by atoms with Crippen LogP contribution >= 0.6 is 0 Å². The topological polar surface area (TPSA) is 29.5 Å². The molecule has 1 saturated heterocycles. The standard InChI is InChI=1S/C15H29NO2/c1-4-9-13(3)14(12-15(17)18-5-2)16-10-7-6-8-11-16/h13-14H,4-12H2,1-3H3. The number of carbonyl (C=O) groups is 1. The highest BCUT2D eigenvalue weighted by Gasteiger charge is 2.27. The van der Waals surface area contributed by atoms with E-state index in [1.807, 2.05) is 6.92 Å². The number of carbonyl (C=O) groups excluding carboxylic acids is 1. The lowest BCUT2D eigenvalue weighted by Gasteiger charge is -2.37. The highest BCUT2D eigenvalue weighted by atomic mass is 16.5. The molecule has 0 saturated carbocycles. The summed E-state index contributed by atoms with van der Waals surface area (Å²) in [5, 5.41) is 0. The molecule has 18 heavy (non-hydrogen) atoms. The quantitative estimate of drug-likeness (QED) is 0.654. The van der Waals surface area contributed by atoms with Crippen LogP contribution in [0.15, 0.2) is 0 Å². The zero-order valence-electron chi connectivity index (χ0n) is 12.3. The second kappa shape index (κ2) is 8.52. The van der Waals surface area contributed by atoms with E-state index in [2.05, 4.69) is 18.7 Å². The lowest BCUT2D eigenvalue weighted by molar-refractivity contribution is -0.145. The average Bonchev–Trinajstić information content (AvgIpc) is 2.37. The Hall–Kier alpha value is -0.570. The largest absolute Gasteiger partial charge is 0.466 e. The van der Waals surface area contributed by atoms with E-state index in [0.29, 0.717) is 25.0 Å². The second-order valence-corrected chi connectivity index (χ2v) is 5.44. The van der Waals surface area contributed by atoms with Crippen molar-refractivity contribution in [3.05, 3.63) is 0 Å². The highest BCUT2D eigenvalue weighted by Crippen LogP contribution is 2.23. The van der Waals surface area contributed by atoms with Crippen LogP contribution in [0.5, 0.6) is 0 Å². The summed E-state index contributed by atoms with van der Waals surface area (Å²) < 4.78 is 5.13. The van der Waals surface area contributed by atoms with Gasteiger partial charge in [-0.15, -0.1) is 0 Å². The van der Waals surface area contributed by atoms with E-state index in [4.69, 9.17) is 4.74 Å². The molecule has 1 aliphatic rings. The predicted octanol–water partition coefficient (Wildman–Crippen LogP) is 3.23. The van der Waals surface area contributed by atoms with Gasteiger partial charge in [0, 0.05) is 6.04 Å². The molecule has 0 aliphatic carbocycles. The van der Waals surface area contributed by atoms with Gasteiger partial charge in [0.1, 0.15) is 0 Å². The van der Waals surface area contributed by atoms with E-state index in [1.54, 1.807) is 0 Å². The smallest absolute Gasteiger partial charge is 0.307 e. The minimum Gasteiger partial charge on any atom is -0.466 e. The zero-order valence-corrected chi connectivity index (χ0v) is 12.3. The van der Waals surface area contributed by atoms with E-state index in [0.717, 1.165) is 13.1 Å². The summed E-state index contributed by atoms with van der Waals surface area (Å²) in [6.07, 6.45) is 6.84. The van der Waals surface area contributed by atoms with Gasteiger partial charge in [0.2, 0.25) is 0 Å². The summed E-state index contributed by atoms with van der Waals surface area (Å²) in [7, 11) is 0. The summed E-state index contributed by atoms with van der Waals surface area (Å²) in [6.45, 7) is 9.17. The molecule has 0 N–H and O–H groups in total. The van der Waals surface area contributed by atoms with Gasteiger partial charge >= 0.3 is 5.97 Å². The van der Waals surface area contributed by atoms with E-state index in [1.165, 1.54) is 32.1 Å². The van der Waals surface area contributed by atoms with Gasteiger partial charge in [-0.3, -0.25) is 9.69 Å². The van der Waals surface area contributed by atoms with Crippen LogP contribution in [0.3, 0.4) is 0 Å². The molecule has 1 aliphatic heterocycles. The molecule has 0 radical (unpaired) electrons. The first-order valence-corrected chi connectivity index (χ1v) is 7.58. The zero-order chi connectivity index (χ0) is 13.4. The van der Waals surface area contributed by atoms with Gasteiger partial charge in [0.15, 0.2) is 0 Å². The van der Waals surface area contributed by atoms with Crippen molar-refractivity contribution in [3.8, 4) is 0 Å². The van der Waals surface area contributed by atoms with Crippen LogP contribution in [-0.4, -0.2) is 36.6 Å². The van der Waals surface area contributed by atoms with Crippen molar-refractivity contribution < 1.29 is 9.53 Å². The Morgan fingerprint density at radius 2 is 1.89 bits per heavy atom. The van der Waals surface area contributed by atoms with Crippen LogP contribution in [0.2, 0.25) is 0 Å². The molecule has 1 fully saturated rings. The molecule has 2 atom stereocenters. The number of rotatable bonds is 7. The number of likely N-dealkylation sites (tertiary alicyclic amines) is 1. The Labute approximate surface area is 112 Å². The van der Waals surface area contributed by atoms with Gasteiger partial charge in [0.25, 0.3) is 0 Å². The Balaban J connectivity index is 2.57. The van der Waals surface area contributed by atoms with Crippen molar-refractivity contribution >= 4 is 5.97 Å². The summed E-state index contributed by atoms with van der Waals surface area (Å²) in [4.78, 5) is 14.3. The maximum atomic E-state index is 11.8. The fourth-order valence-corrected chi connectivity index (χ4v) is 2.98. The number of nitrogens with zero attached hydrogens (tertiary/aromatic N) is 1. The van der Waals surface area contributed by atoms with E-state index >= 15 is 0 Å². The molecule has 1 heterocycles. The monoisotopic (exact) mass is 255 g/mol. The van der Waals surface area contributed by atoms with E-state index < -0.39 is 0 Å². The highest BCUT2D eigenvalue weighted by molar-refractivity contribution is 5.70. The van der Waals surface area contributed by atoms with Gasteiger partial charge in [0.05, 0.1) is 13.0 Å². The van der Waals surface area contributed by atoms with Crippen molar-refractivity contribution in [3.63, 3.8) is 0 Å². The summed E-state index contributed by atoms with van der Waals surface area (Å²) >= 11 is 0. The molecule has 3 nitrogen and oxygen atoms in total. The molecule has 3 heteroatoms. The van der Waals surface area contributed by atoms with Crippen LogP contribution in [0.25, 0.3) is 0 Å². The molecular formula is C15H29NO2. The predicted molar refractivity (Wildman–Crippen MR) is 74.5 cm³/mol. The fourth-order valence-electron chi connectivity index (χ4n) is 2.98. The molecule has 0 amide bonds. The maximum absolute atomic E-state index is 11.8. The Bertz CT molecular complexity index is 237. The van der Waals surface area contributed by atoms with Gasteiger partial charge in [-0.2, -0.15) is 0 Å². The summed E-state index contributed by atoms with van der Waals surface area (Å²) in [5.74, 6) is 0.550. The first kappa shape index (κ1) is 15.5. The third-order valence-electron chi connectivity index (χ3n) is 3.94. The molecule has 1 rings (SSSR count). The Kier molecular flexibility index (Phi) is 7.33. The SMILES string of the molecule is CCCC(C)C(CC(=O)OCC)N1CCCCC1. The number of hydrogen-bond donors (Lipinski definition) is 0. The Morgan fingerprint density at radius 1 is 1.22 bits per heavy atom. The van der Waals surface area contributed by atoms with Gasteiger partial charge in [-0.05, 0) is 45.2 Å². The van der Waals surface area contributed by atoms with Crippen LogP contribution in [-0.2, 0) is 9.53 Å². The summed E-state index contributed by atoms with van der Waals surface area (Å²) in [5.41, 5.74) is 0. The van der Waals surface area contributed by atoms with Crippen molar-refractivity contribution in [2.45, 2.75) is 65.3 Å². The van der Waals surface area contributed by atoms with Gasteiger partial charge in [-0.25, -0.2) is 0 Å². The molecule has 0 aromatic rings. The minimum atomic E-state index is -0.0315. The van der Waals surface area contributed by atoms with Crippen molar-refractivity contribution in [1.29, 1.82) is 0 Å². The molecule has 0 bridgehead atoms. The number of hydrogen-bond acceptors (Lipinski definition) is 3. The minimum absolute atomic E-state index is 0.0315. The van der Waals surface area contributed by atoms with Crippen molar-refractivity contribution in [2.75, 3.05) is 19.7 Å². The van der Waals surface area contributed by atoms with Gasteiger partial charge in [-0.1, -0.05) is 26.7 Å². The average molecular weight is 255 g/mol. The molecular weight excluding hydrogens is 226 g/mol. The Morgan fingerprint density at radius 3 is 2.44 bits per heavy atom. The number of ether oxygens (including phenoxy) is 1. The first-order valence-electron chi connectivity index (χ1n) is 7.58. The fraction of sp³-hybridized carbons (Fsp3) is 0.933. The van der Waals surface area contributed by atoms with Crippen LogP contribution in [0.1, 0.15) is 59.3 Å². The lowest BCUT2D eigenvalue weighted by Crippen LogP contribution is -2.44. The van der Waals surface area contributed by atoms with E-state index in [-0.39, 0.29) is 5.97 Å². The van der Waals surface area contributed by atoms with Crippen LogP contribution in [0, 0.1) is 5.92 Å². The summed E-state index contributed by atoms with van der Waals surface area (Å²) in [6, 6.07) is 0.379. The lowest BCUT2D eigenvalue weighted by atomic mass is 9.91. The molecule has 0 aromatic carbocycles. The third-order valence-corrected chi connectivity index (χ3v) is 3.94. The van der Waals surface area contributed by atoms with Crippen molar-refractivity contribution in [1.82, 2.24) is 4.90 Å². The molecule has 0 aromatic heterocycles. The van der Waals surface area contributed by atoms with E-state index in [9.17, 15) is 4.79 Å². The van der Waals surface area contributed by atoms with Crippen molar-refractivity contribution in [2.24, 2.45) is 5.92 Å². The third kappa shape index (κ3) is 4.97. The number of esters is 1.